The van der Waals surface area contributed by atoms with E-state index in [0.717, 1.165) is 26.1 Å². The van der Waals surface area contributed by atoms with Crippen LogP contribution in [0.25, 0.3) is 0 Å². The van der Waals surface area contributed by atoms with Crippen molar-refractivity contribution >= 4 is 10.0 Å². The minimum absolute atomic E-state index is 0.221. The maximum absolute atomic E-state index is 11.8. The Labute approximate surface area is 133 Å². The Morgan fingerprint density at radius 2 is 2.05 bits per heavy atom. The molecule has 0 radical (unpaired) electrons. The first-order valence-electron chi connectivity index (χ1n) is 8.05. The van der Waals surface area contributed by atoms with Gasteiger partial charge in [0.05, 0.1) is 11.4 Å². The standard InChI is InChI=1S/C15H26N4O2S/c1-17(2)22(20,21)10-4-8-19-9-7-14-13(11-19)16-15(18(14)3)12-5-6-12/h12H,4-11H2,1-3H3. The van der Waals surface area contributed by atoms with Gasteiger partial charge in [0.25, 0.3) is 0 Å². The molecule has 7 heteroatoms. The second-order valence-electron chi connectivity index (χ2n) is 6.67. The van der Waals surface area contributed by atoms with Crippen molar-refractivity contribution in [1.29, 1.82) is 0 Å². The first kappa shape index (κ1) is 16.0. The maximum atomic E-state index is 11.8. The molecule has 1 saturated carbocycles. The quantitative estimate of drug-likeness (QED) is 0.780. The summed E-state index contributed by atoms with van der Waals surface area (Å²) in [6, 6.07) is 0. The van der Waals surface area contributed by atoms with Gasteiger partial charge in [0.15, 0.2) is 0 Å². The van der Waals surface area contributed by atoms with Gasteiger partial charge >= 0.3 is 0 Å². The summed E-state index contributed by atoms with van der Waals surface area (Å²) in [4.78, 5) is 7.17. The molecule has 2 heterocycles. The molecule has 1 aromatic heterocycles. The van der Waals surface area contributed by atoms with Gasteiger partial charge in [-0.2, -0.15) is 0 Å². The van der Waals surface area contributed by atoms with E-state index in [0.29, 0.717) is 12.3 Å². The van der Waals surface area contributed by atoms with Gasteiger partial charge < -0.3 is 4.57 Å². The summed E-state index contributed by atoms with van der Waals surface area (Å²) in [7, 11) is 2.25. The molecule has 1 aromatic rings. The van der Waals surface area contributed by atoms with Gasteiger partial charge in [-0.1, -0.05) is 0 Å². The van der Waals surface area contributed by atoms with Crippen LogP contribution in [-0.4, -0.2) is 60.1 Å². The molecule has 0 unspecified atom stereocenters. The van der Waals surface area contributed by atoms with Crippen molar-refractivity contribution in [2.45, 2.75) is 38.1 Å². The number of rotatable bonds is 6. The normalized spacial score (nSPS) is 19.6. The van der Waals surface area contributed by atoms with E-state index in [4.69, 9.17) is 4.98 Å². The number of sulfonamides is 1. The Kier molecular flexibility index (Phi) is 4.31. The Balaban J connectivity index is 1.57. The topological polar surface area (TPSA) is 58.4 Å². The average molecular weight is 326 g/mol. The zero-order valence-corrected chi connectivity index (χ0v) is 14.6. The molecule has 0 atom stereocenters. The Morgan fingerprint density at radius 1 is 1.32 bits per heavy atom. The SMILES string of the molecule is CN(C)S(=O)(=O)CCCN1CCc2c(nc(C3CC3)n2C)C1. The molecule has 6 nitrogen and oxygen atoms in total. The molecule has 0 amide bonds. The predicted octanol–water partition coefficient (Wildman–Crippen LogP) is 0.937. The zero-order valence-electron chi connectivity index (χ0n) is 13.7. The smallest absolute Gasteiger partial charge is 0.213 e. The summed E-state index contributed by atoms with van der Waals surface area (Å²) in [6.07, 6.45) is 4.25. The highest BCUT2D eigenvalue weighted by Gasteiger charge is 2.31. The lowest BCUT2D eigenvalue weighted by Crippen LogP contribution is -2.34. The van der Waals surface area contributed by atoms with Crippen LogP contribution in [0.3, 0.4) is 0 Å². The average Bonchev–Trinajstić information content (AvgIpc) is 3.24. The zero-order chi connectivity index (χ0) is 15.9. The number of aromatic nitrogens is 2. The van der Waals surface area contributed by atoms with E-state index in [-0.39, 0.29) is 5.75 Å². The Bertz CT molecular complexity index is 647. The van der Waals surface area contributed by atoms with Crippen molar-refractivity contribution in [2.75, 3.05) is 32.9 Å². The van der Waals surface area contributed by atoms with Gasteiger partial charge in [0, 0.05) is 52.3 Å². The number of hydrogen-bond donors (Lipinski definition) is 0. The molecular formula is C15H26N4O2S. The molecule has 124 valence electrons. The molecular weight excluding hydrogens is 300 g/mol. The predicted molar refractivity (Wildman–Crippen MR) is 86.3 cm³/mol. The van der Waals surface area contributed by atoms with Crippen LogP contribution < -0.4 is 0 Å². The van der Waals surface area contributed by atoms with Crippen molar-refractivity contribution in [3.8, 4) is 0 Å². The lowest BCUT2D eigenvalue weighted by Gasteiger charge is -2.26. The van der Waals surface area contributed by atoms with Gasteiger partial charge in [-0.25, -0.2) is 17.7 Å². The van der Waals surface area contributed by atoms with Gasteiger partial charge in [0.2, 0.25) is 10.0 Å². The molecule has 2 aliphatic rings. The van der Waals surface area contributed by atoms with E-state index in [9.17, 15) is 8.42 Å². The Hall–Kier alpha value is -0.920. The molecule has 0 saturated heterocycles. The van der Waals surface area contributed by atoms with Crippen LogP contribution in [0.4, 0.5) is 0 Å². The van der Waals surface area contributed by atoms with Crippen LogP contribution in [0, 0.1) is 0 Å². The molecule has 1 aliphatic heterocycles. The summed E-state index contributed by atoms with van der Waals surface area (Å²) >= 11 is 0. The number of fused-ring (bicyclic) bond motifs is 1. The van der Waals surface area contributed by atoms with Crippen LogP contribution in [-0.2, 0) is 30.0 Å². The molecule has 0 N–H and O–H groups in total. The molecule has 0 bridgehead atoms. The number of nitrogens with zero attached hydrogens (tertiary/aromatic N) is 4. The molecule has 0 aromatic carbocycles. The third kappa shape index (κ3) is 3.21. The minimum Gasteiger partial charge on any atom is -0.335 e. The van der Waals surface area contributed by atoms with E-state index in [2.05, 4.69) is 16.5 Å². The monoisotopic (exact) mass is 326 g/mol. The highest BCUT2D eigenvalue weighted by Crippen LogP contribution is 2.40. The fourth-order valence-corrected chi connectivity index (χ4v) is 4.01. The van der Waals surface area contributed by atoms with Crippen LogP contribution in [0.5, 0.6) is 0 Å². The first-order chi connectivity index (χ1) is 10.4. The summed E-state index contributed by atoms with van der Waals surface area (Å²) in [6.45, 7) is 2.68. The van der Waals surface area contributed by atoms with Crippen LogP contribution in [0.15, 0.2) is 0 Å². The van der Waals surface area contributed by atoms with Crippen molar-refractivity contribution in [3.63, 3.8) is 0 Å². The Morgan fingerprint density at radius 3 is 2.68 bits per heavy atom. The lowest BCUT2D eigenvalue weighted by molar-refractivity contribution is 0.249. The van der Waals surface area contributed by atoms with E-state index >= 15 is 0 Å². The van der Waals surface area contributed by atoms with E-state index in [1.807, 2.05) is 0 Å². The summed E-state index contributed by atoms with van der Waals surface area (Å²) in [5, 5.41) is 0. The minimum atomic E-state index is -3.08. The highest BCUT2D eigenvalue weighted by atomic mass is 32.2. The van der Waals surface area contributed by atoms with Gasteiger partial charge in [0.1, 0.15) is 5.82 Å². The number of imidazole rings is 1. The third-order valence-electron chi connectivity index (χ3n) is 4.74. The van der Waals surface area contributed by atoms with Crippen molar-refractivity contribution in [3.05, 3.63) is 17.2 Å². The third-order valence-corrected chi connectivity index (χ3v) is 6.66. The number of hydrogen-bond acceptors (Lipinski definition) is 4. The second-order valence-corrected chi connectivity index (χ2v) is 8.98. The van der Waals surface area contributed by atoms with Gasteiger partial charge in [-0.05, 0) is 25.8 Å². The molecule has 22 heavy (non-hydrogen) atoms. The largest absolute Gasteiger partial charge is 0.335 e. The van der Waals surface area contributed by atoms with Crippen LogP contribution >= 0.6 is 0 Å². The van der Waals surface area contributed by atoms with E-state index < -0.39 is 10.0 Å². The first-order valence-corrected chi connectivity index (χ1v) is 9.66. The van der Waals surface area contributed by atoms with Gasteiger partial charge in [-0.15, -0.1) is 0 Å². The molecule has 3 rings (SSSR count). The molecule has 1 aliphatic carbocycles. The van der Waals surface area contributed by atoms with Crippen LogP contribution in [0.2, 0.25) is 0 Å². The summed E-state index contributed by atoms with van der Waals surface area (Å²) in [5.74, 6) is 2.15. The molecule has 0 spiro atoms. The fourth-order valence-electron chi connectivity index (χ4n) is 3.15. The maximum Gasteiger partial charge on any atom is 0.213 e. The van der Waals surface area contributed by atoms with Gasteiger partial charge in [-0.3, -0.25) is 4.90 Å². The van der Waals surface area contributed by atoms with Crippen molar-refractivity contribution in [1.82, 2.24) is 18.8 Å². The van der Waals surface area contributed by atoms with Crippen molar-refractivity contribution < 1.29 is 8.42 Å². The second kappa shape index (κ2) is 5.94. The summed E-state index contributed by atoms with van der Waals surface area (Å²) in [5.41, 5.74) is 2.57. The van der Waals surface area contributed by atoms with Crippen molar-refractivity contribution in [2.24, 2.45) is 7.05 Å². The van der Waals surface area contributed by atoms with E-state index in [1.165, 1.54) is 34.4 Å². The summed E-state index contributed by atoms with van der Waals surface area (Å²) < 4.78 is 27.2. The highest BCUT2D eigenvalue weighted by molar-refractivity contribution is 7.89. The lowest BCUT2D eigenvalue weighted by atomic mass is 10.1. The molecule has 1 fully saturated rings. The fraction of sp³-hybridized carbons (Fsp3) is 0.800. The van der Waals surface area contributed by atoms with E-state index in [1.54, 1.807) is 14.1 Å². The van der Waals surface area contributed by atoms with Crippen LogP contribution in [0.1, 0.15) is 42.4 Å².